The minimum Gasteiger partial charge on any atom is -0.212 e. The highest BCUT2D eigenvalue weighted by Gasteiger charge is 2.07. The number of thiophene rings is 1. The first-order valence-electron chi connectivity index (χ1n) is 3.41. The minimum atomic E-state index is -3.42. The molecule has 70 valence electrons. The van der Waals surface area contributed by atoms with Gasteiger partial charge in [-0.05, 0) is 12.5 Å². The Morgan fingerprint density at radius 1 is 1.62 bits per heavy atom. The van der Waals surface area contributed by atoms with Crippen LogP contribution in [0.2, 0.25) is 0 Å². The topological polar surface area (TPSA) is 57.9 Å². The molecule has 1 aromatic heterocycles. The van der Waals surface area contributed by atoms with Gasteiger partial charge in [-0.3, -0.25) is 0 Å². The van der Waals surface area contributed by atoms with Gasteiger partial charge < -0.3 is 0 Å². The van der Waals surface area contributed by atoms with E-state index in [0.717, 1.165) is 4.88 Å². The molecule has 1 aromatic rings. The van der Waals surface area contributed by atoms with E-state index in [-0.39, 0.29) is 5.75 Å². The molecule has 0 atom stereocenters. The van der Waals surface area contributed by atoms with Crippen molar-refractivity contribution >= 4 is 31.1 Å². The quantitative estimate of drug-likeness (QED) is 0.750. The molecule has 0 amide bonds. The third-order valence-corrected chi connectivity index (χ3v) is 3.53. The van der Waals surface area contributed by atoms with Gasteiger partial charge in [-0.2, -0.15) is 5.26 Å². The van der Waals surface area contributed by atoms with Crippen LogP contribution >= 0.6 is 22.0 Å². The van der Waals surface area contributed by atoms with E-state index in [1.807, 2.05) is 6.07 Å². The summed E-state index contributed by atoms with van der Waals surface area (Å²) in [6.45, 7) is 0. The van der Waals surface area contributed by atoms with Crippen LogP contribution in [0.25, 0.3) is 0 Å². The van der Waals surface area contributed by atoms with Gasteiger partial charge in [0.1, 0.15) is 0 Å². The van der Waals surface area contributed by atoms with E-state index in [1.165, 1.54) is 11.3 Å². The van der Waals surface area contributed by atoms with Crippen molar-refractivity contribution in [1.82, 2.24) is 0 Å². The molecule has 1 rings (SSSR count). The van der Waals surface area contributed by atoms with Crippen molar-refractivity contribution in [3.63, 3.8) is 0 Å². The third-order valence-electron chi connectivity index (χ3n) is 1.38. The van der Waals surface area contributed by atoms with E-state index in [4.69, 9.17) is 15.9 Å². The van der Waals surface area contributed by atoms with Crippen molar-refractivity contribution in [2.75, 3.05) is 5.75 Å². The van der Waals surface area contributed by atoms with Crippen LogP contribution in [0, 0.1) is 11.3 Å². The molecule has 1 heterocycles. The smallest absolute Gasteiger partial charge is 0.212 e. The number of aryl methyl sites for hydroxylation is 1. The molecule has 0 N–H and O–H groups in total. The summed E-state index contributed by atoms with van der Waals surface area (Å²) in [5.74, 6) is -0.0834. The first kappa shape index (κ1) is 10.5. The summed E-state index contributed by atoms with van der Waals surface area (Å²) in [5.41, 5.74) is 0.562. The highest BCUT2D eigenvalue weighted by Crippen LogP contribution is 2.15. The molecule has 0 saturated heterocycles. The molecule has 0 spiro atoms. The number of halogens is 1. The molecule has 0 fully saturated rings. The van der Waals surface area contributed by atoms with E-state index < -0.39 is 9.05 Å². The Balaban J connectivity index is 2.62. The monoisotopic (exact) mass is 235 g/mol. The number of rotatable bonds is 3. The van der Waals surface area contributed by atoms with E-state index >= 15 is 0 Å². The van der Waals surface area contributed by atoms with Gasteiger partial charge in [0.05, 0.1) is 17.4 Å². The van der Waals surface area contributed by atoms with Crippen molar-refractivity contribution < 1.29 is 8.42 Å². The molecule has 0 radical (unpaired) electrons. The van der Waals surface area contributed by atoms with Crippen molar-refractivity contribution in [1.29, 1.82) is 5.26 Å². The molecule has 0 unspecified atom stereocenters. The van der Waals surface area contributed by atoms with Crippen LogP contribution in [0.15, 0.2) is 11.4 Å². The summed E-state index contributed by atoms with van der Waals surface area (Å²) in [5, 5.41) is 10.2. The predicted octanol–water partition coefficient (Wildman–Crippen LogP) is 1.73. The van der Waals surface area contributed by atoms with Crippen molar-refractivity contribution in [3.05, 3.63) is 21.9 Å². The maximum atomic E-state index is 10.6. The van der Waals surface area contributed by atoms with Gasteiger partial charge in [-0.1, -0.05) is 0 Å². The Hall–Kier alpha value is -0.570. The molecule has 3 nitrogen and oxygen atoms in total. The van der Waals surface area contributed by atoms with Crippen LogP contribution in [0.1, 0.15) is 10.4 Å². The summed E-state index contributed by atoms with van der Waals surface area (Å²) in [4.78, 5) is 0.862. The van der Waals surface area contributed by atoms with Crippen molar-refractivity contribution in [2.24, 2.45) is 0 Å². The Morgan fingerprint density at radius 3 is 2.77 bits per heavy atom. The molecule has 0 aliphatic heterocycles. The molecule has 0 aliphatic rings. The van der Waals surface area contributed by atoms with Crippen LogP contribution in [0.4, 0.5) is 0 Å². The maximum Gasteiger partial charge on any atom is 0.232 e. The lowest BCUT2D eigenvalue weighted by molar-refractivity contribution is 0.609. The summed E-state index contributed by atoms with van der Waals surface area (Å²) in [7, 11) is 1.61. The zero-order chi connectivity index (χ0) is 9.90. The molecule has 6 heteroatoms. The average Bonchev–Trinajstić information content (AvgIpc) is 2.47. The van der Waals surface area contributed by atoms with Crippen LogP contribution in [-0.2, 0) is 15.5 Å². The van der Waals surface area contributed by atoms with Gasteiger partial charge in [0.25, 0.3) is 0 Å². The van der Waals surface area contributed by atoms with Crippen LogP contribution < -0.4 is 0 Å². The molecule has 13 heavy (non-hydrogen) atoms. The summed E-state index contributed by atoms with van der Waals surface area (Å²) in [6.07, 6.45) is 0.373. The minimum absolute atomic E-state index is 0.0834. The van der Waals surface area contributed by atoms with Crippen molar-refractivity contribution in [2.45, 2.75) is 6.42 Å². The lowest BCUT2D eigenvalue weighted by Crippen LogP contribution is -1.99. The molecule has 0 bridgehead atoms. The second kappa shape index (κ2) is 4.09. The van der Waals surface area contributed by atoms with Gasteiger partial charge in [0, 0.05) is 20.9 Å². The lowest BCUT2D eigenvalue weighted by atomic mass is 10.3. The fourth-order valence-corrected chi connectivity index (χ4v) is 2.43. The maximum absolute atomic E-state index is 10.6. The number of nitrogens with zero attached hydrogens (tertiary/aromatic N) is 1. The van der Waals surface area contributed by atoms with Gasteiger partial charge in [-0.25, -0.2) is 8.42 Å². The average molecular weight is 236 g/mol. The fourth-order valence-electron chi connectivity index (χ4n) is 0.793. The lowest BCUT2D eigenvalue weighted by Gasteiger charge is -1.91. The molecular formula is C7H6ClNO2S2. The normalized spacial score (nSPS) is 11.1. The zero-order valence-electron chi connectivity index (χ0n) is 6.53. The SMILES string of the molecule is N#Cc1csc(CCS(=O)(=O)Cl)c1. The standard InChI is InChI=1S/C7H6ClNO2S2/c8-13(10,11)2-1-7-3-6(4-9)5-12-7/h3,5H,1-2H2. The predicted molar refractivity (Wildman–Crippen MR) is 52.4 cm³/mol. The van der Waals surface area contributed by atoms with Gasteiger partial charge in [0.2, 0.25) is 9.05 Å². The Morgan fingerprint density at radius 2 is 2.31 bits per heavy atom. The number of nitriles is 1. The Kier molecular flexibility index (Phi) is 3.31. The Labute approximate surface area is 85.0 Å². The number of hydrogen-bond donors (Lipinski definition) is 0. The van der Waals surface area contributed by atoms with Gasteiger partial charge in [-0.15, -0.1) is 11.3 Å². The molecule has 0 aromatic carbocycles. The second-order valence-electron chi connectivity index (χ2n) is 2.41. The largest absolute Gasteiger partial charge is 0.232 e. The Bertz CT molecular complexity index is 430. The van der Waals surface area contributed by atoms with E-state index in [2.05, 4.69) is 0 Å². The fraction of sp³-hybridized carbons (Fsp3) is 0.286. The van der Waals surface area contributed by atoms with Gasteiger partial charge in [0.15, 0.2) is 0 Å². The first-order chi connectivity index (χ1) is 6.01. The van der Waals surface area contributed by atoms with E-state index in [0.29, 0.717) is 12.0 Å². The van der Waals surface area contributed by atoms with Crippen molar-refractivity contribution in [3.8, 4) is 6.07 Å². The molecule has 0 aliphatic carbocycles. The molecule has 0 saturated carbocycles. The van der Waals surface area contributed by atoms with Gasteiger partial charge >= 0.3 is 0 Å². The van der Waals surface area contributed by atoms with Crippen LogP contribution in [-0.4, -0.2) is 14.2 Å². The first-order valence-corrected chi connectivity index (χ1v) is 6.77. The summed E-state index contributed by atoms with van der Waals surface area (Å²) < 4.78 is 21.2. The summed E-state index contributed by atoms with van der Waals surface area (Å²) >= 11 is 1.37. The van der Waals surface area contributed by atoms with E-state index in [9.17, 15) is 8.42 Å². The highest BCUT2D eigenvalue weighted by atomic mass is 35.7. The van der Waals surface area contributed by atoms with Crippen LogP contribution in [0.5, 0.6) is 0 Å². The third kappa shape index (κ3) is 3.77. The second-order valence-corrected chi connectivity index (χ2v) is 6.30. The zero-order valence-corrected chi connectivity index (χ0v) is 8.92. The van der Waals surface area contributed by atoms with Crippen LogP contribution in [0.3, 0.4) is 0 Å². The summed E-state index contributed by atoms with van der Waals surface area (Å²) in [6, 6.07) is 3.65. The number of hydrogen-bond acceptors (Lipinski definition) is 4. The highest BCUT2D eigenvalue weighted by molar-refractivity contribution is 8.13. The molecular weight excluding hydrogens is 230 g/mol. The van der Waals surface area contributed by atoms with E-state index in [1.54, 1.807) is 11.4 Å².